The summed E-state index contributed by atoms with van der Waals surface area (Å²) >= 11 is 0. The fourth-order valence-corrected chi connectivity index (χ4v) is 1.53. The number of para-hydroxylation sites is 1. The third kappa shape index (κ3) is 3.71. The number of rotatable bonds is 6. The van der Waals surface area contributed by atoms with E-state index in [9.17, 15) is 10.1 Å². The largest absolute Gasteiger partial charge is 0.378 e. The summed E-state index contributed by atoms with van der Waals surface area (Å²) in [6, 6.07) is 6.87. The lowest BCUT2D eigenvalue weighted by atomic mass is 10.1. The molecule has 0 amide bonds. The summed E-state index contributed by atoms with van der Waals surface area (Å²) in [5.41, 5.74) is 0.288. The Balaban J connectivity index is 2.77. The van der Waals surface area contributed by atoms with Crippen LogP contribution < -0.4 is 10.6 Å². The van der Waals surface area contributed by atoms with Gasteiger partial charge in [-0.1, -0.05) is 19.9 Å². The first-order valence-corrected chi connectivity index (χ1v) is 5.71. The van der Waals surface area contributed by atoms with E-state index in [1.54, 1.807) is 12.1 Å². The summed E-state index contributed by atoms with van der Waals surface area (Å²) in [6.07, 6.45) is 0. The molecule has 0 saturated heterocycles. The number of nitriles is 1. The van der Waals surface area contributed by atoms with Crippen LogP contribution in [0.4, 0.5) is 11.4 Å². The van der Waals surface area contributed by atoms with E-state index in [-0.39, 0.29) is 11.3 Å². The molecular weight excluding hydrogens is 232 g/mol. The Hall–Kier alpha value is -2.13. The van der Waals surface area contributed by atoms with Gasteiger partial charge in [0.2, 0.25) is 0 Å². The van der Waals surface area contributed by atoms with E-state index >= 15 is 0 Å². The molecular formula is C12H16N4O2. The average Bonchev–Trinajstić information content (AvgIpc) is 2.33. The van der Waals surface area contributed by atoms with Gasteiger partial charge in [-0.3, -0.25) is 10.1 Å². The van der Waals surface area contributed by atoms with Crippen molar-refractivity contribution in [3.05, 3.63) is 33.9 Å². The third-order valence-corrected chi connectivity index (χ3v) is 2.33. The maximum absolute atomic E-state index is 10.9. The van der Waals surface area contributed by atoms with Crippen LogP contribution in [0.5, 0.6) is 0 Å². The molecule has 0 spiro atoms. The van der Waals surface area contributed by atoms with Crippen LogP contribution in [-0.2, 0) is 0 Å². The van der Waals surface area contributed by atoms with Crippen LogP contribution in [0, 0.1) is 21.4 Å². The zero-order valence-electron chi connectivity index (χ0n) is 10.4. The highest BCUT2D eigenvalue weighted by Gasteiger charge is 2.18. The van der Waals surface area contributed by atoms with Crippen LogP contribution in [0.3, 0.4) is 0 Å². The third-order valence-electron chi connectivity index (χ3n) is 2.33. The summed E-state index contributed by atoms with van der Waals surface area (Å²) in [6.45, 7) is 5.32. The Morgan fingerprint density at radius 1 is 1.44 bits per heavy atom. The maximum atomic E-state index is 10.9. The molecule has 0 unspecified atom stereocenters. The van der Waals surface area contributed by atoms with Crippen LogP contribution in [0.1, 0.15) is 19.4 Å². The van der Waals surface area contributed by atoms with Gasteiger partial charge in [-0.15, -0.1) is 0 Å². The molecule has 0 radical (unpaired) electrons. The molecule has 0 saturated carbocycles. The van der Waals surface area contributed by atoms with Crippen molar-refractivity contribution >= 4 is 11.4 Å². The molecule has 0 fully saturated rings. The predicted molar refractivity (Wildman–Crippen MR) is 69.4 cm³/mol. The van der Waals surface area contributed by atoms with Crippen LogP contribution in [0.15, 0.2) is 18.2 Å². The van der Waals surface area contributed by atoms with E-state index < -0.39 is 4.92 Å². The van der Waals surface area contributed by atoms with Gasteiger partial charge < -0.3 is 10.6 Å². The zero-order valence-corrected chi connectivity index (χ0v) is 10.4. The monoisotopic (exact) mass is 248 g/mol. The zero-order chi connectivity index (χ0) is 13.5. The van der Waals surface area contributed by atoms with Crippen molar-refractivity contribution in [1.82, 2.24) is 5.32 Å². The van der Waals surface area contributed by atoms with Crippen molar-refractivity contribution in [2.75, 3.05) is 18.4 Å². The summed E-state index contributed by atoms with van der Waals surface area (Å²) in [5, 5.41) is 25.9. The Morgan fingerprint density at radius 2 is 2.17 bits per heavy atom. The quantitative estimate of drug-likeness (QED) is 0.455. The Kier molecular flexibility index (Phi) is 5.08. The molecule has 2 N–H and O–H groups in total. The molecule has 0 aromatic heterocycles. The number of nitrogens with one attached hydrogen (secondary N) is 2. The first-order chi connectivity index (χ1) is 8.56. The number of anilines is 1. The molecule has 18 heavy (non-hydrogen) atoms. The molecule has 1 aromatic carbocycles. The summed E-state index contributed by atoms with van der Waals surface area (Å²) < 4.78 is 0. The van der Waals surface area contributed by atoms with Crippen LogP contribution in [-0.4, -0.2) is 24.1 Å². The van der Waals surface area contributed by atoms with Crippen molar-refractivity contribution < 1.29 is 4.92 Å². The molecule has 0 aliphatic rings. The van der Waals surface area contributed by atoms with E-state index in [0.717, 1.165) is 0 Å². The van der Waals surface area contributed by atoms with E-state index in [2.05, 4.69) is 10.6 Å². The molecule has 1 rings (SSSR count). The highest BCUT2D eigenvalue weighted by Crippen LogP contribution is 2.27. The fraction of sp³-hybridized carbons (Fsp3) is 0.417. The Morgan fingerprint density at radius 3 is 2.72 bits per heavy atom. The van der Waals surface area contributed by atoms with Gasteiger partial charge in [0.15, 0.2) is 0 Å². The van der Waals surface area contributed by atoms with E-state index in [1.807, 2.05) is 19.9 Å². The summed E-state index contributed by atoms with van der Waals surface area (Å²) in [7, 11) is 0. The second-order valence-electron chi connectivity index (χ2n) is 4.11. The van der Waals surface area contributed by atoms with Gasteiger partial charge in [-0.05, 0) is 12.1 Å². The summed E-state index contributed by atoms with van der Waals surface area (Å²) in [5.74, 6) is 0. The van der Waals surface area contributed by atoms with Crippen molar-refractivity contribution in [1.29, 1.82) is 5.26 Å². The minimum Gasteiger partial charge on any atom is -0.378 e. The number of benzene rings is 1. The van der Waals surface area contributed by atoms with Crippen molar-refractivity contribution in [2.45, 2.75) is 19.9 Å². The first-order valence-electron chi connectivity index (χ1n) is 5.71. The Bertz CT molecular complexity index is 466. The predicted octanol–water partition coefficient (Wildman–Crippen LogP) is 1.88. The van der Waals surface area contributed by atoms with Crippen LogP contribution in [0.25, 0.3) is 0 Å². The standard InChI is InChI=1S/C12H16N4O2/c1-9(2)14-6-7-15-11-5-3-4-10(8-13)12(11)16(17)18/h3-5,9,14-15H,6-7H2,1-2H3. The smallest absolute Gasteiger partial charge is 0.309 e. The molecule has 6 nitrogen and oxygen atoms in total. The topological polar surface area (TPSA) is 91.0 Å². The Labute approximate surface area is 106 Å². The van der Waals surface area contributed by atoms with Crippen molar-refractivity contribution in [3.8, 4) is 6.07 Å². The molecule has 96 valence electrons. The van der Waals surface area contributed by atoms with Gasteiger partial charge >= 0.3 is 5.69 Å². The molecule has 0 atom stereocenters. The fourth-order valence-electron chi connectivity index (χ4n) is 1.53. The van der Waals surface area contributed by atoms with Crippen LogP contribution in [0.2, 0.25) is 0 Å². The first kappa shape index (κ1) is 13.9. The van der Waals surface area contributed by atoms with Gasteiger partial charge in [0.1, 0.15) is 17.3 Å². The minimum atomic E-state index is -0.531. The maximum Gasteiger partial charge on any atom is 0.309 e. The number of nitro benzene ring substituents is 1. The molecule has 0 heterocycles. The van der Waals surface area contributed by atoms with Gasteiger partial charge in [-0.2, -0.15) is 5.26 Å². The van der Waals surface area contributed by atoms with E-state index in [0.29, 0.717) is 24.8 Å². The van der Waals surface area contributed by atoms with Crippen molar-refractivity contribution in [2.24, 2.45) is 0 Å². The lowest BCUT2D eigenvalue weighted by Crippen LogP contribution is -2.28. The highest BCUT2D eigenvalue weighted by molar-refractivity contribution is 5.68. The molecule has 0 aliphatic carbocycles. The average molecular weight is 248 g/mol. The molecule has 0 aliphatic heterocycles. The number of nitrogens with zero attached hydrogens (tertiary/aromatic N) is 2. The SMILES string of the molecule is CC(C)NCCNc1cccc(C#N)c1[N+](=O)[O-]. The van der Waals surface area contributed by atoms with Gasteiger partial charge in [-0.25, -0.2) is 0 Å². The van der Waals surface area contributed by atoms with E-state index in [4.69, 9.17) is 5.26 Å². The lowest BCUT2D eigenvalue weighted by molar-refractivity contribution is -0.384. The van der Waals surface area contributed by atoms with Gasteiger partial charge in [0, 0.05) is 19.1 Å². The minimum absolute atomic E-state index is 0.0711. The molecule has 1 aromatic rings. The van der Waals surface area contributed by atoms with Gasteiger partial charge in [0.05, 0.1) is 4.92 Å². The number of nitro groups is 1. The van der Waals surface area contributed by atoms with Crippen LogP contribution >= 0.6 is 0 Å². The normalized spacial score (nSPS) is 10.1. The lowest BCUT2D eigenvalue weighted by Gasteiger charge is -2.10. The number of hydrogen-bond donors (Lipinski definition) is 2. The van der Waals surface area contributed by atoms with E-state index in [1.165, 1.54) is 6.07 Å². The number of hydrogen-bond acceptors (Lipinski definition) is 5. The second kappa shape index (κ2) is 6.57. The molecule has 6 heteroatoms. The second-order valence-corrected chi connectivity index (χ2v) is 4.11. The summed E-state index contributed by atoms with van der Waals surface area (Å²) in [4.78, 5) is 10.4. The van der Waals surface area contributed by atoms with Crippen molar-refractivity contribution in [3.63, 3.8) is 0 Å². The highest BCUT2D eigenvalue weighted by atomic mass is 16.6. The molecule has 0 bridgehead atoms. The van der Waals surface area contributed by atoms with Gasteiger partial charge in [0.25, 0.3) is 0 Å².